The van der Waals surface area contributed by atoms with Crippen molar-refractivity contribution in [3.63, 3.8) is 0 Å². The molecule has 1 atom stereocenters. The Labute approximate surface area is 292 Å². The number of hydrogen-bond acceptors (Lipinski definition) is 10. The Morgan fingerprint density at radius 1 is 1.06 bits per heavy atom. The molecule has 3 aromatic rings. The molecule has 0 aliphatic carbocycles. The van der Waals surface area contributed by atoms with Crippen molar-refractivity contribution in [2.75, 3.05) is 20.2 Å². The number of aromatic nitrogens is 2. The molecule has 0 saturated carbocycles. The Morgan fingerprint density at radius 3 is 2.40 bits per heavy atom. The fourth-order valence-corrected chi connectivity index (χ4v) is 6.20. The number of cyclic esters (lactones) is 1. The molecule has 0 bridgehead atoms. The lowest BCUT2D eigenvalue weighted by Gasteiger charge is -2.31. The molecule has 12 heteroatoms. The molecule has 0 spiro atoms. The van der Waals surface area contributed by atoms with Gasteiger partial charge in [0.15, 0.2) is 5.60 Å². The molecule has 2 aliphatic heterocycles. The van der Waals surface area contributed by atoms with Gasteiger partial charge in [0, 0.05) is 30.1 Å². The van der Waals surface area contributed by atoms with Crippen LogP contribution in [-0.2, 0) is 49.0 Å². The number of benzene rings is 1. The first-order valence-electron chi connectivity index (χ1n) is 17.0. The maximum atomic E-state index is 13.7. The summed E-state index contributed by atoms with van der Waals surface area (Å²) in [6.45, 7) is 14.8. The zero-order valence-electron chi connectivity index (χ0n) is 30.4. The summed E-state index contributed by atoms with van der Waals surface area (Å²) in [5.74, 6) is -0.762. The van der Waals surface area contributed by atoms with Crippen LogP contribution in [0.2, 0.25) is 0 Å². The Hall–Kier alpha value is -4.71. The van der Waals surface area contributed by atoms with Gasteiger partial charge in [-0.3, -0.25) is 4.79 Å². The molecular formula is C38H47N3O9. The number of hydrogen-bond donors (Lipinski definition) is 1. The first-order valence-corrected chi connectivity index (χ1v) is 17.0. The van der Waals surface area contributed by atoms with E-state index in [9.17, 15) is 24.3 Å². The highest BCUT2D eigenvalue weighted by molar-refractivity contribution is 5.91. The Balaban J connectivity index is 1.43. The largest absolute Gasteiger partial charge is 0.489 e. The fourth-order valence-electron chi connectivity index (χ4n) is 6.20. The van der Waals surface area contributed by atoms with Gasteiger partial charge in [0.05, 0.1) is 34.6 Å². The molecule has 0 fully saturated rings. The Morgan fingerprint density at radius 2 is 1.76 bits per heavy atom. The number of rotatable bonds is 9. The lowest BCUT2D eigenvalue weighted by atomic mass is 9.86. The van der Waals surface area contributed by atoms with Crippen LogP contribution in [0.25, 0.3) is 22.3 Å². The molecule has 4 heterocycles. The van der Waals surface area contributed by atoms with Crippen LogP contribution < -0.4 is 10.3 Å². The van der Waals surface area contributed by atoms with E-state index < -0.39 is 34.8 Å². The number of nitrogens with zero attached hydrogens (tertiary/aromatic N) is 3. The van der Waals surface area contributed by atoms with Gasteiger partial charge in [-0.05, 0) is 90.6 Å². The van der Waals surface area contributed by atoms with Gasteiger partial charge in [-0.2, -0.15) is 0 Å². The van der Waals surface area contributed by atoms with Crippen molar-refractivity contribution >= 4 is 28.9 Å². The van der Waals surface area contributed by atoms with E-state index in [0.29, 0.717) is 47.6 Å². The highest BCUT2D eigenvalue weighted by Crippen LogP contribution is 2.40. The summed E-state index contributed by atoms with van der Waals surface area (Å²) in [6, 6.07) is 7.18. The Kier molecular flexibility index (Phi) is 9.90. The second kappa shape index (κ2) is 13.5. The van der Waals surface area contributed by atoms with Gasteiger partial charge in [0.25, 0.3) is 5.56 Å². The summed E-state index contributed by atoms with van der Waals surface area (Å²) in [7, 11) is 1.64. The number of esters is 2. The monoisotopic (exact) mass is 689 g/mol. The molecule has 0 unspecified atom stereocenters. The van der Waals surface area contributed by atoms with Crippen LogP contribution in [0.15, 0.2) is 40.7 Å². The number of aryl methyl sites for hydroxylation is 1. The van der Waals surface area contributed by atoms with Crippen molar-refractivity contribution in [2.45, 2.75) is 105 Å². The molecular weight excluding hydrogens is 642 g/mol. The molecule has 2 aliphatic rings. The van der Waals surface area contributed by atoms with Crippen molar-refractivity contribution in [2.24, 2.45) is 0 Å². The summed E-state index contributed by atoms with van der Waals surface area (Å²) in [4.78, 5) is 58.2. The van der Waals surface area contributed by atoms with Crippen molar-refractivity contribution in [3.05, 3.63) is 68.5 Å². The van der Waals surface area contributed by atoms with Gasteiger partial charge in [-0.25, -0.2) is 19.4 Å². The van der Waals surface area contributed by atoms with E-state index in [0.717, 1.165) is 16.5 Å². The predicted molar refractivity (Wildman–Crippen MR) is 187 cm³/mol. The van der Waals surface area contributed by atoms with Gasteiger partial charge in [0.2, 0.25) is 0 Å². The van der Waals surface area contributed by atoms with Crippen LogP contribution in [0.1, 0.15) is 90.5 Å². The lowest BCUT2D eigenvalue weighted by Crippen LogP contribution is -2.44. The van der Waals surface area contributed by atoms with E-state index in [1.807, 2.05) is 19.1 Å². The highest BCUT2D eigenvalue weighted by atomic mass is 16.6. The summed E-state index contributed by atoms with van der Waals surface area (Å²) >= 11 is 0. The van der Waals surface area contributed by atoms with Crippen LogP contribution in [0, 0.1) is 0 Å². The van der Waals surface area contributed by atoms with E-state index in [4.69, 9.17) is 23.9 Å². The van der Waals surface area contributed by atoms with Crippen LogP contribution in [0.4, 0.5) is 4.79 Å². The fraction of sp³-hybridized carbons (Fsp3) is 0.500. The smallest absolute Gasteiger partial charge is 0.410 e. The topological polar surface area (TPSA) is 146 Å². The van der Waals surface area contributed by atoms with E-state index >= 15 is 0 Å². The lowest BCUT2D eigenvalue weighted by molar-refractivity contribution is -0.172. The first-order chi connectivity index (χ1) is 23.4. The van der Waals surface area contributed by atoms with Crippen molar-refractivity contribution < 1.29 is 38.4 Å². The van der Waals surface area contributed by atoms with Crippen LogP contribution in [-0.4, -0.2) is 69.0 Å². The van der Waals surface area contributed by atoms with Crippen molar-refractivity contribution in [3.8, 4) is 17.1 Å². The van der Waals surface area contributed by atoms with Gasteiger partial charge in [-0.1, -0.05) is 19.9 Å². The maximum Gasteiger partial charge on any atom is 0.410 e. The maximum absolute atomic E-state index is 13.7. The van der Waals surface area contributed by atoms with Gasteiger partial charge >= 0.3 is 18.0 Å². The molecule has 1 amide bonds. The van der Waals surface area contributed by atoms with Crippen LogP contribution in [0.5, 0.6) is 5.75 Å². The molecule has 2 aromatic heterocycles. The minimum Gasteiger partial charge on any atom is -0.489 e. The average Bonchev–Trinajstić information content (AvgIpc) is 3.40. The average molecular weight is 690 g/mol. The summed E-state index contributed by atoms with van der Waals surface area (Å²) in [5.41, 5.74) is 1.04. The molecule has 268 valence electrons. The molecule has 0 radical (unpaired) electrons. The number of carbonyl (C=O) groups excluding carboxylic acids is 3. The summed E-state index contributed by atoms with van der Waals surface area (Å²) in [6.07, 6.45) is 2.34. The normalized spacial score (nSPS) is 17.1. The number of carbonyl (C=O) groups is 3. The van der Waals surface area contributed by atoms with Gasteiger partial charge < -0.3 is 33.5 Å². The van der Waals surface area contributed by atoms with Crippen molar-refractivity contribution in [1.82, 2.24) is 14.5 Å². The van der Waals surface area contributed by atoms with Crippen molar-refractivity contribution in [1.29, 1.82) is 0 Å². The third-order valence-corrected chi connectivity index (χ3v) is 8.75. The number of pyridine rings is 2. The molecule has 1 aromatic carbocycles. The van der Waals surface area contributed by atoms with Gasteiger partial charge in [0.1, 0.15) is 30.2 Å². The van der Waals surface area contributed by atoms with E-state index in [1.165, 1.54) is 4.90 Å². The van der Waals surface area contributed by atoms with Crippen LogP contribution >= 0.6 is 0 Å². The standard InChI is InChI=1S/C38H47N3O9/c1-10-24-25-17-23(47-20-22(33(43)49-36(3,4)5)13-12-16-40(9)35(45)50-37(6,7)8)14-15-29(25)39-31-26(24)19-41-30(31)18-28-27(32(41)42)21-48-34(44)38(28,46)11-2/h13-15,17-18,46H,10-12,16,19-21H2,1-9H3/b22-13+/t38-/m0/s1. The summed E-state index contributed by atoms with van der Waals surface area (Å²) < 4.78 is 24.1. The molecule has 12 nitrogen and oxygen atoms in total. The molecule has 0 saturated heterocycles. The number of fused-ring (bicyclic) bond motifs is 5. The second-order valence-corrected chi connectivity index (χ2v) is 14.8. The number of ether oxygens (including phenoxy) is 4. The third kappa shape index (κ3) is 7.26. The highest BCUT2D eigenvalue weighted by Gasteiger charge is 2.45. The first kappa shape index (κ1) is 36.6. The Bertz CT molecular complexity index is 1950. The third-order valence-electron chi connectivity index (χ3n) is 8.75. The minimum atomic E-state index is -1.90. The van der Waals surface area contributed by atoms with E-state index in [-0.39, 0.29) is 42.9 Å². The molecule has 1 N–H and O–H groups in total. The molecule has 5 rings (SSSR count). The number of aliphatic hydroxyl groups is 1. The van der Waals surface area contributed by atoms with E-state index in [2.05, 4.69) is 0 Å². The zero-order chi connectivity index (χ0) is 36.8. The zero-order valence-corrected chi connectivity index (χ0v) is 30.4. The number of amides is 1. The van der Waals surface area contributed by atoms with Gasteiger partial charge in [-0.15, -0.1) is 0 Å². The quantitative estimate of drug-likeness (QED) is 0.135. The predicted octanol–water partition coefficient (Wildman–Crippen LogP) is 5.55. The minimum absolute atomic E-state index is 0.0656. The summed E-state index contributed by atoms with van der Waals surface area (Å²) in [5, 5.41) is 12.1. The van der Waals surface area contributed by atoms with E-state index in [1.54, 1.807) is 78.3 Å². The van der Waals surface area contributed by atoms with Crippen LogP contribution in [0.3, 0.4) is 0 Å². The second-order valence-electron chi connectivity index (χ2n) is 14.8. The SMILES string of the molecule is CCc1c2c(nc3ccc(OC/C(=C\CCN(C)C(=O)OC(C)(C)C)C(=O)OC(C)(C)C)cc13)-c1cc3c(c(=O)n1C2)COC(=O)[C@]3(O)CC. The molecule has 50 heavy (non-hydrogen) atoms.